The minimum atomic E-state index is 0.265. The molecule has 5 nitrogen and oxygen atoms in total. The van der Waals surface area contributed by atoms with E-state index in [1.165, 1.54) is 19.4 Å². The van der Waals surface area contributed by atoms with E-state index in [9.17, 15) is 0 Å². The minimum Gasteiger partial charge on any atom is -0.326 e. The molecule has 0 saturated carbocycles. The Balaban J connectivity index is 1.90. The number of fused-ring (bicyclic) bond motifs is 1. The first-order chi connectivity index (χ1) is 8.66. The van der Waals surface area contributed by atoms with E-state index in [2.05, 4.69) is 33.5 Å². The molecular weight excluding hydrogens is 226 g/mol. The molecule has 0 amide bonds. The van der Waals surface area contributed by atoms with Gasteiger partial charge in [-0.3, -0.25) is 4.90 Å². The Labute approximate surface area is 108 Å². The van der Waals surface area contributed by atoms with Crippen molar-refractivity contribution in [3.8, 4) is 0 Å². The summed E-state index contributed by atoms with van der Waals surface area (Å²) < 4.78 is 2.28. The van der Waals surface area contributed by atoms with Gasteiger partial charge in [0, 0.05) is 25.0 Å². The number of rotatable bonds is 2. The maximum atomic E-state index is 6.08. The lowest BCUT2D eigenvalue weighted by Gasteiger charge is -2.29. The fraction of sp³-hybridized carbons (Fsp3) is 0.846. The van der Waals surface area contributed by atoms with Gasteiger partial charge >= 0.3 is 0 Å². The summed E-state index contributed by atoms with van der Waals surface area (Å²) in [5, 5.41) is 8.82. The summed E-state index contributed by atoms with van der Waals surface area (Å²) in [5.74, 6) is 2.27. The Kier molecular flexibility index (Phi) is 3.11. The van der Waals surface area contributed by atoms with Crippen molar-refractivity contribution in [2.45, 2.75) is 64.2 Å². The molecule has 18 heavy (non-hydrogen) atoms. The minimum absolute atomic E-state index is 0.265. The van der Waals surface area contributed by atoms with E-state index in [0.29, 0.717) is 12.1 Å². The van der Waals surface area contributed by atoms with Crippen LogP contribution in [0.4, 0.5) is 0 Å². The van der Waals surface area contributed by atoms with Crippen LogP contribution in [0.1, 0.15) is 50.8 Å². The third-order valence-corrected chi connectivity index (χ3v) is 4.27. The van der Waals surface area contributed by atoms with Gasteiger partial charge in [0.15, 0.2) is 0 Å². The number of nitrogens with zero attached hydrogens (tertiary/aromatic N) is 4. The molecule has 1 saturated heterocycles. The standard InChI is InChI=1S/C13H23N5/c1-9(2)17-7-3-4-11(17)13-16-15-12-6-5-10(14)8-18(12)13/h9-11H,3-8,14H2,1-2H3. The van der Waals surface area contributed by atoms with Crippen molar-refractivity contribution in [1.29, 1.82) is 0 Å². The van der Waals surface area contributed by atoms with Gasteiger partial charge in [-0.05, 0) is 39.7 Å². The largest absolute Gasteiger partial charge is 0.326 e. The van der Waals surface area contributed by atoms with Crippen molar-refractivity contribution in [3.05, 3.63) is 11.6 Å². The molecule has 0 aromatic carbocycles. The molecule has 5 heteroatoms. The third-order valence-electron chi connectivity index (χ3n) is 4.27. The van der Waals surface area contributed by atoms with Crippen molar-refractivity contribution in [1.82, 2.24) is 19.7 Å². The Morgan fingerprint density at radius 1 is 1.28 bits per heavy atom. The summed E-state index contributed by atoms with van der Waals surface area (Å²) in [7, 11) is 0. The first kappa shape index (κ1) is 12.1. The number of aryl methyl sites for hydroxylation is 1. The summed E-state index contributed by atoms with van der Waals surface area (Å²) in [4.78, 5) is 2.54. The number of aromatic nitrogens is 3. The second-order valence-electron chi connectivity index (χ2n) is 5.87. The second-order valence-corrected chi connectivity index (χ2v) is 5.87. The third kappa shape index (κ3) is 1.95. The Hall–Kier alpha value is -0.940. The number of nitrogens with two attached hydrogens (primary N) is 1. The number of likely N-dealkylation sites (tertiary alicyclic amines) is 1. The van der Waals surface area contributed by atoms with Gasteiger partial charge in [-0.2, -0.15) is 0 Å². The van der Waals surface area contributed by atoms with Crippen LogP contribution in [0.15, 0.2) is 0 Å². The molecule has 3 rings (SSSR count). The predicted octanol–water partition coefficient (Wildman–Crippen LogP) is 1.10. The van der Waals surface area contributed by atoms with Gasteiger partial charge in [0.25, 0.3) is 0 Å². The number of hydrogen-bond donors (Lipinski definition) is 1. The lowest BCUT2D eigenvalue weighted by molar-refractivity contribution is 0.193. The second kappa shape index (κ2) is 4.63. The highest BCUT2D eigenvalue weighted by atomic mass is 15.3. The summed E-state index contributed by atoms with van der Waals surface area (Å²) in [6.45, 7) is 6.59. The molecule has 1 aromatic rings. The van der Waals surface area contributed by atoms with Crippen LogP contribution < -0.4 is 5.73 Å². The first-order valence-electron chi connectivity index (χ1n) is 7.10. The van der Waals surface area contributed by atoms with Crippen molar-refractivity contribution in [3.63, 3.8) is 0 Å². The smallest absolute Gasteiger partial charge is 0.150 e. The molecule has 0 radical (unpaired) electrons. The zero-order chi connectivity index (χ0) is 12.7. The van der Waals surface area contributed by atoms with Crippen LogP contribution in [0, 0.1) is 0 Å². The molecule has 0 aliphatic carbocycles. The summed E-state index contributed by atoms with van der Waals surface area (Å²) in [6.07, 6.45) is 4.47. The van der Waals surface area contributed by atoms with Gasteiger partial charge in [0.1, 0.15) is 11.6 Å². The molecule has 1 aromatic heterocycles. The van der Waals surface area contributed by atoms with Crippen molar-refractivity contribution >= 4 is 0 Å². The van der Waals surface area contributed by atoms with Crippen molar-refractivity contribution in [2.75, 3.05) is 6.54 Å². The zero-order valence-corrected chi connectivity index (χ0v) is 11.3. The fourth-order valence-corrected chi connectivity index (χ4v) is 3.30. The monoisotopic (exact) mass is 249 g/mol. The van der Waals surface area contributed by atoms with E-state index in [-0.39, 0.29) is 6.04 Å². The van der Waals surface area contributed by atoms with Gasteiger partial charge in [-0.25, -0.2) is 0 Å². The van der Waals surface area contributed by atoms with Crippen LogP contribution in [-0.2, 0) is 13.0 Å². The van der Waals surface area contributed by atoms with E-state index in [1.54, 1.807) is 0 Å². The highest BCUT2D eigenvalue weighted by Gasteiger charge is 2.33. The van der Waals surface area contributed by atoms with Crippen LogP contribution in [0.2, 0.25) is 0 Å². The Morgan fingerprint density at radius 3 is 2.89 bits per heavy atom. The lowest BCUT2D eigenvalue weighted by atomic mass is 10.1. The summed E-state index contributed by atoms with van der Waals surface area (Å²) in [6, 6.07) is 1.28. The molecule has 2 N–H and O–H groups in total. The Morgan fingerprint density at radius 2 is 2.11 bits per heavy atom. The molecule has 0 spiro atoms. The molecule has 3 heterocycles. The van der Waals surface area contributed by atoms with Crippen LogP contribution >= 0.6 is 0 Å². The molecule has 2 aliphatic heterocycles. The maximum absolute atomic E-state index is 6.08. The van der Waals surface area contributed by atoms with Crippen LogP contribution in [0.5, 0.6) is 0 Å². The van der Waals surface area contributed by atoms with E-state index >= 15 is 0 Å². The average Bonchev–Trinajstić information content (AvgIpc) is 2.92. The van der Waals surface area contributed by atoms with Gasteiger partial charge in [0.2, 0.25) is 0 Å². The van der Waals surface area contributed by atoms with Crippen LogP contribution in [-0.4, -0.2) is 38.3 Å². The van der Waals surface area contributed by atoms with Crippen LogP contribution in [0.25, 0.3) is 0 Å². The Bertz CT molecular complexity index is 425. The first-order valence-corrected chi connectivity index (χ1v) is 7.10. The highest BCUT2D eigenvalue weighted by molar-refractivity contribution is 5.07. The maximum Gasteiger partial charge on any atom is 0.150 e. The van der Waals surface area contributed by atoms with Gasteiger partial charge in [-0.1, -0.05) is 0 Å². The van der Waals surface area contributed by atoms with Gasteiger partial charge in [0.05, 0.1) is 6.04 Å². The summed E-state index contributed by atoms with van der Waals surface area (Å²) in [5.41, 5.74) is 6.08. The average molecular weight is 249 g/mol. The van der Waals surface area contributed by atoms with E-state index in [1.807, 2.05) is 0 Å². The normalized spacial score (nSPS) is 28.9. The van der Waals surface area contributed by atoms with E-state index in [4.69, 9.17) is 5.73 Å². The molecule has 0 bridgehead atoms. The van der Waals surface area contributed by atoms with E-state index in [0.717, 1.165) is 31.0 Å². The zero-order valence-electron chi connectivity index (χ0n) is 11.3. The van der Waals surface area contributed by atoms with Crippen molar-refractivity contribution in [2.24, 2.45) is 5.73 Å². The molecule has 2 unspecified atom stereocenters. The molecule has 100 valence electrons. The molecule has 2 aliphatic rings. The van der Waals surface area contributed by atoms with Gasteiger partial charge in [-0.15, -0.1) is 10.2 Å². The SMILES string of the molecule is CC(C)N1CCCC1c1nnc2n1CC(N)CC2. The van der Waals surface area contributed by atoms with Gasteiger partial charge < -0.3 is 10.3 Å². The lowest BCUT2D eigenvalue weighted by Crippen LogP contribution is -2.36. The fourth-order valence-electron chi connectivity index (χ4n) is 3.30. The molecule has 2 atom stereocenters. The molecule has 1 fully saturated rings. The quantitative estimate of drug-likeness (QED) is 0.852. The topological polar surface area (TPSA) is 60.0 Å². The highest BCUT2D eigenvalue weighted by Crippen LogP contribution is 2.33. The molecular formula is C13H23N5. The van der Waals surface area contributed by atoms with Crippen molar-refractivity contribution < 1.29 is 0 Å². The summed E-state index contributed by atoms with van der Waals surface area (Å²) >= 11 is 0. The predicted molar refractivity (Wildman–Crippen MR) is 70.1 cm³/mol. The van der Waals surface area contributed by atoms with E-state index < -0.39 is 0 Å². The number of hydrogen-bond acceptors (Lipinski definition) is 4. The van der Waals surface area contributed by atoms with Crippen LogP contribution in [0.3, 0.4) is 0 Å².